The molecule has 2 aromatic carbocycles. The minimum absolute atomic E-state index is 0.301. The van der Waals surface area contributed by atoms with Gasteiger partial charge in [-0.25, -0.2) is 4.79 Å². The molecule has 1 unspecified atom stereocenters. The number of esters is 1. The SMILES string of the molecule is CCOC(=O)C1C=C(COCc2ccc3ccccc3c2)ON1. The fourth-order valence-electron chi connectivity index (χ4n) is 2.42. The number of hydrogen-bond donors (Lipinski definition) is 1. The Hall–Kier alpha value is -2.37. The van der Waals surface area contributed by atoms with Crippen LogP contribution < -0.4 is 5.48 Å². The number of fused-ring (bicyclic) bond motifs is 1. The summed E-state index contributed by atoms with van der Waals surface area (Å²) in [5.41, 5.74) is 3.71. The third-order valence-electron chi connectivity index (χ3n) is 3.54. The van der Waals surface area contributed by atoms with Crippen molar-refractivity contribution in [1.29, 1.82) is 0 Å². The fraction of sp³-hybridized carbons (Fsp3) is 0.278. The molecule has 1 atom stereocenters. The lowest BCUT2D eigenvalue weighted by atomic mass is 10.1. The number of carbonyl (C=O) groups excluding carboxylic acids is 1. The third kappa shape index (κ3) is 3.88. The first-order chi connectivity index (χ1) is 11.3. The highest BCUT2D eigenvalue weighted by Crippen LogP contribution is 2.17. The lowest BCUT2D eigenvalue weighted by molar-refractivity contribution is -0.146. The van der Waals surface area contributed by atoms with Crippen LogP contribution in [-0.2, 0) is 25.7 Å². The molecule has 1 aliphatic heterocycles. The van der Waals surface area contributed by atoms with E-state index in [2.05, 4.69) is 29.7 Å². The number of hydrogen-bond acceptors (Lipinski definition) is 5. The average Bonchev–Trinajstić information content (AvgIpc) is 3.04. The largest absolute Gasteiger partial charge is 0.464 e. The first-order valence-electron chi connectivity index (χ1n) is 7.61. The average molecular weight is 313 g/mol. The second-order valence-electron chi connectivity index (χ2n) is 5.26. The van der Waals surface area contributed by atoms with Crippen molar-refractivity contribution in [2.45, 2.75) is 19.6 Å². The Kier molecular flexibility index (Phi) is 4.90. The Labute approximate surface area is 134 Å². The van der Waals surface area contributed by atoms with Crippen LogP contribution in [0.15, 0.2) is 54.3 Å². The summed E-state index contributed by atoms with van der Waals surface area (Å²) in [5, 5.41) is 2.40. The molecule has 23 heavy (non-hydrogen) atoms. The minimum atomic E-state index is -0.561. The van der Waals surface area contributed by atoms with E-state index in [0.29, 0.717) is 25.6 Å². The molecule has 120 valence electrons. The van der Waals surface area contributed by atoms with Crippen LogP contribution >= 0.6 is 0 Å². The van der Waals surface area contributed by atoms with Gasteiger partial charge < -0.3 is 14.3 Å². The van der Waals surface area contributed by atoms with Gasteiger partial charge in [0.25, 0.3) is 0 Å². The minimum Gasteiger partial charge on any atom is -0.464 e. The predicted molar refractivity (Wildman–Crippen MR) is 86.3 cm³/mol. The maximum absolute atomic E-state index is 11.6. The van der Waals surface area contributed by atoms with Gasteiger partial charge in [0.1, 0.15) is 12.4 Å². The van der Waals surface area contributed by atoms with Crippen molar-refractivity contribution in [1.82, 2.24) is 5.48 Å². The van der Waals surface area contributed by atoms with Crippen LogP contribution in [0.2, 0.25) is 0 Å². The molecule has 3 rings (SSSR count). The zero-order valence-electron chi connectivity index (χ0n) is 13.0. The van der Waals surface area contributed by atoms with Crippen LogP contribution in [0.4, 0.5) is 0 Å². The fourth-order valence-corrected chi connectivity index (χ4v) is 2.42. The molecule has 1 aliphatic rings. The molecule has 0 radical (unpaired) electrons. The maximum atomic E-state index is 11.6. The molecule has 1 heterocycles. The molecule has 1 N–H and O–H groups in total. The lowest BCUT2D eigenvalue weighted by Crippen LogP contribution is -2.31. The van der Waals surface area contributed by atoms with Crippen molar-refractivity contribution in [3.05, 3.63) is 59.9 Å². The summed E-state index contributed by atoms with van der Waals surface area (Å²) in [6.07, 6.45) is 1.68. The zero-order valence-corrected chi connectivity index (χ0v) is 13.0. The number of rotatable bonds is 6. The summed E-state index contributed by atoms with van der Waals surface area (Å²) in [5.74, 6) is 0.237. The molecule has 0 amide bonds. The molecule has 0 aromatic heterocycles. The predicted octanol–water partition coefficient (Wildman–Crippen LogP) is 2.71. The summed E-state index contributed by atoms with van der Waals surface area (Å²) in [6, 6.07) is 13.9. The van der Waals surface area contributed by atoms with Crippen molar-refractivity contribution in [3.8, 4) is 0 Å². The summed E-state index contributed by atoms with van der Waals surface area (Å²) in [7, 11) is 0. The molecule has 0 fully saturated rings. The molecule has 5 heteroatoms. The van der Waals surface area contributed by atoms with E-state index >= 15 is 0 Å². The van der Waals surface area contributed by atoms with E-state index in [1.165, 1.54) is 10.8 Å². The van der Waals surface area contributed by atoms with Crippen molar-refractivity contribution in [2.24, 2.45) is 0 Å². The van der Waals surface area contributed by atoms with Gasteiger partial charge >= 0.3 is 5.97 Å². The van der Waals surface area contributed by atoms with Gasteiger partial charge in [-0.3, -0.25) is 0 Å². The molecule has 0 spiro atoms. The molecule has 0 aliphatic carbocycles. The van der Waals surface area contributed by atoms with E-state index in [9.17, 15) is 4.79 Å². The van der Waals surface area contributed by atoms with Crippen LogP contribution in [-0.4, -0.2) is 25.2 Å². The van der Waals surface area contributed by atoms with Gasteiger partial charge in [0, 0.05) is 0 Å². The van der Waals surface area contributed by atoms with Crippen molar-refractivity contribution >= 4 is 16.7 Å². The molecule has 2 aromatic rings. The molecule has 0 saturated heterocycles. The van der Waals surface area contributed by atoms with Crippen LogP contribution in [0.1, 0.15) is 12.5 Å². The van der Waals surface area contributed by atoms with E-state index in [1.807, 2.05) is 18.2 Å². The van der Waals surface area contributed by atoms with Gasteiger partial charge in [0.05, 0.1) is 13.2 Å². The first kappa shape index (κ1) is 15.5. The second kappa shape index (κ2) is 7.26. The highest BCUT2D eigenvalue weighted by atomic mass is 16.7. The van der Waals surface area contributed by atoms with Gasteiger partial charge in [-0.05, 0) is 35.4 Å². The Morgan fingerprint density at radius 1 is 1.17 bits per heavy atom. The summed E-state index contributed by atoms with van der Waals surface area (Å²) in [4.78, 5) is 16.8. The van der Waals surface area contributed by atoms with Crippen LogP contribution in [0, 0.1) is 0 Å². The van der Waals surface area contributed by atoms with Gasteiger partial charge in [-0.2, -0.15) is 0 Å². The Morgan fingerprint density at radius 3 is 2.83 bits per heavy atom. The molecular weight excluding hydrogens is 294 g/mol. The standard InChI is InChI=1S/C18H19NO4/c1-2-22-18(20)17-10-16(23-19-17)12-21-11-13-7-8-14-5-3-4-6-15(14)9-13/h3-10,17,19H,2,11-12H2,1H3. The van der Waals surface area contributed by atoms with Crippen LogP contribution in [0.3, 0.4) is 0 Å². The molecule has 0 bridgehead atoms. The normalized spacial score (nSPS) is 16.9. The number of carbonyl (C=O) groups is 1. The molecular formula is C18H19NO4. The molecule has 5 nitrogen and oxygen atoms in total. The van der Waals surface area contributed by atoms with E-state index in [4.69, 9.17) is 14.3 Å². The number of ether oxygens (including phenoxy) is 2. The summed E-state index contributed by atoms with van der Waals surface area (Å²) in [6.45, 7) is 2.90. The summed E-state index contributed by atoms with van der Waals surface area (Å²) < 4.78 is 10.6. The van der Waals surface area contributed by atoms with Crippen molar-refractivity contribution < 1.29 is 19.1 Å². The first-order valence-corrected chi connectivity index (χ1v) is 7.61. The molecule has 0 saturated carbocycles. The van der Waals surface area contributed by atoms with Crippen molar-refractivity contribution in [3.63, 3.8) is 0 Å². The monoisotopic (exact) mass is 313 g/mol. The van der Waals surface area contributed by atoms with Crippen molar-refractivity contribution in [2.75, 3.05) is 13.2 Å². The van der Waals surface area contributed by atoms with Crippen LogP contribution in [0.5, 0.6) is 0 Å². The Bertz CT molecular complexity index is 726. The highest BCUT2D eigenvalue weighted by Gasteiger charge is 2.24. The van der Waals surface area contributed by atoms with Gasteiger partial charge in [-0.1, -0.05) is 36.4 Å². The highest BCUT2D eigenvalue weighted by molar-refractivity contribution is 5.83. The summed E-state index contributed by atoms with van der Waals surface area (Å²) >= 11 is 0. The Balaban J connectivity index is 1.52. The van der Waals surface area contributed by atoms with Gasteiger partial charge in [-0.15, -0.1) is 5.48 Å². The zero-order chi connectivity index (χ0) is 16.1. The number of nitrogens with one attached hydrogen (secondary N) is 1. The van der Waals surface area contributed by atoms with E-state index in [0.717, 1.165) is 5.56 Å². The topological polar surface area (TPSA) is 56.8 Å². The van der Waals surface area contributed by atoms with Gasteiger partial charge in [0.15, 0.2) is 6.04 Å². The van der Waals surface area contributed by atoms with E-state index in [-0.39, 0.29) is 5.97 Å². The Morgan fingerprint density at radius 2 is 2.00 bits per heavy atom. The third-order valence-corrected chi connectivity index (χ3v) is 3.54. The van der Waals surface area contributed by atoms with Gasteiger partial charge in [0.2, 0.25) is 0 Å². The number of hydroxylamine groups is 1. The number of benzene rings is 2. The smallest absolute Gasteiger partial charge is 0.330 e. The lowest BCUT2D eigenvalue weighted by Gasteiger charge is -2.07. The quantitative estimate of drug-likeness (QED) is 0.831. The van der Waals surface area contributed by atoms with E-state index < -0.39 is 6.04 Å². The van der Waals surface area contributed by atoms with E-state index in [1.54, 1.807) is 13.0 Å². The van der Waals surface area contributed by atoms with Crippen LogP contribution in [0.25, 0.3) is 10.8 Å². The second-order valence-corrected chi connectivity index (χ2v) is 5.26. The maximum Gasteiger partial charge on any atom is 0.330 e.